The first-order valence-corrected chi connectivity index (χ1v) is 12.7. The lowest BCUT2D eigenvalue weighted by atomic mass is 10.1. The lowest BCUT2D eigenvalue weighted by Crippen LogP contribution is -2.54. The summed E-state index contributed by atoms with van der Waals surface area (Å²) >= 11 is 12.9. The molecular weight excluding hydrogens is 520 g/mol. The maximum atomic E-state index is 13.4. The predicted octanol–water partition coefficient (Wildman–Crippen LogP) is 4.59. The number of thiocarbonyl (C=S) groups is 1. The summed E-state index contributed by atoms with van der Waals surface area (Å²) in [5.74, 6) is 0.305. The number of carbonyl (C=O) groups excluding carboxylic acids is 3. The number of aromatic nitrogens is 1. The highest BCUT2D eigenvalue weighted by molar-refractivity contribution is 7.80. The summed E-state index contributed by atoms with van der Waals surface area (Å²) < 4.78 is 5.80. The number of anilines is 2. The van der Waals surface area contributed by atoms with Gasteiger partial charge in [0.2, 0.25) is 0 Å². The van der Waals surface area contributed by atoms with Crippen LogP contribution in [0.15, 0.2) is 60.2 Å². The van der Waals surface area contributed by atoms with Crippen LogP contribution in [0.25, 0.3) is 6.08 Å². The van der Waals surface area contributed by atoms with E-state index in [0.29, 0.717) is 53.1 Å². The number of carbonyl (C=O) groups is 3. The van der Waals surface area contributed by atoms with Crippen LogP contribution in [0.5, 0.6) is 11.5 Å². The summed E-state index contributed by atoms with van der Waals surface area (Å²) in [4.78, 5) is 45.6. The van der Waals surface area contributed by atoms with Crippen molar-refractivity contribution in [1.82, 2.24) is 10.3 Å². The van der Waals surface area contributed by atoms with Crippen LogP contribution in [0.3, 0.4) is 0 Å². The topological polar surface area (TPSA) is 91.8 Å². The summed E-state index contributed by atoms with van der Waals surface area (Å²) in [5, 5.41) is 3.37. The molecule has 2 saturated heterocycles. The second-order valence-corrected chi connectivity index (χ2v) is 9.80. The number of piperidine rings is 1. The van der Waals surface area contributed by atoms with E-state index in [0.717, 1.165) is 0 Å². The number of thiazole rings is 1. The number of halogens is 1. The molecule has 1 N–H and O–H groups in total. The fraction of sp³-hybridized carbons (Fsp3) is 0.160. The minimum absolute atomic E-state index is 0.0204. The number of ether oxygens (including phenoxy) is 1. The molecule has 3 heterocycles. The summed E-state index contributed by atoms with van der Waals surface area (Å²) in [5.41, 5.74) is 0.365. The summed E-state index contributed by atoms with van der Waals surface area (Å²) in [6, 6.07) is 16.1. The van der Waals surface area contributed by atoms with Crippen molar-refractivity contribution in [3.05, 3.63) is 70.2 Å². The van der Waals surface area contributed by atoms with Crippen molar-refractivity contribution in [2.45, 2.75) is 12.8 Å². The average Bonchev–Trinajstić information content (AvgIpc) is 3.24. The predicted molar refractivity (Wildman–Crippen MR) is 143 cm³/mol. The third-order valence-corrected chi connectivity index (χ3v) is 7.39. The highest BCUT2D eigenvalue weighted by Crippen LogP contribution is 2.34. The zero-order chi connectivity index (χ0) is 25.2. The van der Waals surface area contributed by atoms with Crippen molar-refractivity contribution in [2.24, 2.45) is 0 Å². The number of benzene rings is 2. The smallest absolute Gasteiger partial charge is 0.270 e. The fourth-order valence-corrected chi connectivity index (χ4v) is 5.32. The van der Waals surface area contributed by atoms with E-state index in [2.05, 4.69) is 10.3 Å². The van der Waals surface area contributed by atoms with Gasteiger partial charge in [-0.15, -0.1) is 0 Å². The number of hydrogen-bond acceptors (Lipinski definition) is 8. The quantitative estimate of drug-likeness (QED) is 0.288. The Hall–Kier alpha value is -3.60. The molecule has 2 aliphatic heterocycles. The Bertz CT molecular complexity index is 1380. The van der Waals surface area contributed by atoms with Crippen molar-refractivity contribution >= 4 is 74.8 Å². The summed E-state index contributed by atoms with van der Waals surface area (Å²) in [7, 11) is 0. The van der Waals surface area contributed by atoms with Gasteiger partial charge < -0.3 is 9.64 Å². The van der Waals surface area contributed by atoms with E-state index in [1.165, 1.54) is 22.3 Å². The van der Waals surface area contributed by atoms with E-state index >= 15 is 0 Å². The van der Waals surface area contributed by atoms with E-state index in [9.17, 15) is 14.4 Å². The third kappa shape index (κ3) is 5.01. The lowest BCUT2D eigenvalue weighted by molar-refractivity contribution is -0.122. The molecule has 8 nitrogen and oxygen atoms in total. The normalized spacial score (nSPS) is 17.5. The Morgan fingerprint density at radius 3 is 2.36 bits per heavy atom. The minimum Gasteiger partial charge on any atom is -0.457 e. The van der Waals surface area contributed by atoms with Crippen LogP contribution in [0.4, 0.5) is 10.8 Å². The maximum Gasteiger partial charge on any atom is 0.270 e. The molecule has 11 heteroatoms. The Morgan fingerprint density at radius 1 is 1.00 bits per heavy atom. The second kappa shape index (κ2) is 10.2. The van der Waals surface area contributed by atoms with E-state index < -0.39 is 11.8 Å². The number of nitrogens with one attached hydrogen (secondary N) is 1. The van der Waals surface area contributed by atoms with E-state index in [1.807, 2.05) is 35.2 Å². The Balaban J connectivity index is 1.38. The van der Waals surface area contributed by atoms with Gasteiger partial charge in [0, 0.05) is 25.9 Å². The molecule has 0 bridgehead atoms. The second-order valence-electron chi connectivity index (χ2n) is 8.04. The summed E-state index contributed by atoms with van der Waals surface area (Å²) in [6.45, 7) is 1.12. The Kier molecular flexibility index (Phi) is 6.82. The van der Waals surface area contributed by atoms with Crippen molar-refractivity contribution in [3.63, 3.8) is 0 Å². The van der Waals surface area contributed by atoms with Gasteiger partial charge >= 0.3 is 0 Å². The molecule has 182 valence electrons. The molecule has 0 aliphatic carbocycles. The molecule has 0 unspecified atom stereocenters. The van der Waals surface area contributed by atoms with Gasteiger partial charge in [-0.25, -0.2) is 4.98 Å². The van der Waals surface area contributed by atoms with Crippen molar-refractivity contribution in [3.8, 4) is 11.5 Å². The molecule has 2 aromatic carbocycles. The third-order valence-electron chi connectivity index (χ3n) is 5.64. The van der Waals surface area contributed by atoms with E-state index in [4.69, 9.17) is 28.6 Å². The fourth-order valence-electron chi connectivity index (χ4n) is 3.78. The van der Waals surface area contributed by atoms with Crippen LogP contribution in [0.1, 0.15) is 17.7 Å². The number of amides is 2. The number of hydrogen-bond donors (Lipinski definition) is 1. The first-order valence-electron chi connectivity index (χ1n) is 11.1. The van der Waals surface area contributed by atoms with Gasteiger partial charge in [0.25, 0.3) is 11.8 Å². The van der Waals surface area contributed by atoms with Crippen molar-refractivity contribution < 1.29 is 19.1 Å². The molecule has 5 rings (SSSR count). The lowest BCUT2D eigenvalue weighted by Gasteiger charge is -2.29. The Labute approximate surface area is 221 Å². The molecule has 0 atom stereocenters. The van der Waals surface area contributed by atoms with Crippen LogP contribution in [-0.4, -0.2) is 40.8 Å². The van der Waals surface area contributed by atoms with Crippen LogP contribution >= 0.6 is 35.2 Å². The molecule has 0 saturated carbocycles. The van der Waals surface area contributed by atoms with Crippen LogP contribution in [0.2, 0.25) is 5.15 Å². The number of para-hydroxylation sites is 1. The largest absolute Gasteiger partial charge is 0.457 e. The van der Waals surface area contributed by atoms with Gasteiger partial charge in [-0.2, -0.15) is 0 Å². The van der Waals surface area contributed by atoms with Crippen LogP contribution in [-0.2, 0) is 14.4 Å². The molecule has 1 aromatic heterocycles. The van der Waals surface area contributed by atoms with E-state index in [-0.39, 0.29) is 21.6 Å². The van der Waals surface area contributed by atoms with Crippen LogP contribution < -0.4 is 19.9 Å². The highest BCUT2D eigenvalue weighted by atomic mass is 35.5. The molecular formula is C25H19ClN4O4S2. The Morgan fingerprint density at radius 2 is 1.67 bits per heavy atom. The van der Waals surface area contributed by atoms with Crippen LogP contribution in [0, 0.1) is 0 Å². The van der Waals surface area contributed by atoms with Gasteiger partial charge in [0.05, 0.1) is 10.6 Å². The molecule has 0 radical (unpaired) electrons. The molecule has 36 heavy (non-hydrogen) atoms. The van der Waals surface area contributed by atoms with Gasteiger partial charge in [0.1, 0.15) is 28.0 Å². The number of rotatable bonds is 5. The molecule has 2 amide bonds. The number of Topliss-reactive ketones (excluding diaryl/α,β-unsaturated/α-hetero) is 1. The first-order chi connectivity index (χ1) is 17.4. The molecule has 2 aliphatic rings. The molecule has 3 aromatic rings. The van der Waals surface area contributed by atoms with Gasteiger partial charge in [0.15, 0.2) is 10.2 Å². The standard InChI is InChI=1S/C25H19ClN4O4S2/c26-21-20(36-25(27-21)29-12-10-16(31)11-13-29)14-19-22(32)28-24(35)30(23(19)33)15-6-8-18(9-7-15)34-17-4-2-1-3-5-17/h1-9,14H,10-13H2,(H,28,32,35)/b19-14+. The molecule has 0 spiro atoms. The SMILES string of the molecule is O=C1CCN(c2nc(Cl)c(/C=C3\C(=O)NC(=S)N(c4ccc(Oc5ccccc5)cc4)C3=O)s2)CC1. The minimum atomic E-state index is -0.611. The molecule has 2 fully saturated rings. The number of ketones is 1. The number of nitrogens with zero attached hydrogens (tertiary/aromatic N) is 3. The highest BCUT2D eigenvalue weighted by Gasteiger charge is 2.35. The van der Waals surface area contributed by atoms with Gasteiger partial charge in [-0.1, -0.05) is 41.1 Å². The van der Waals surface area contributed by atoms with Gasteiger partial charge in [-0.3, -0.25) is 24.6 Å². The monoisotopic (exact) mass is 538 g/mol. The van der Waals surface area contributed by atoms with Gasteiger partial charge in [-0.05, 0) is 54.7 Å². The van der Waals surface area contributed by atoms with Crippen molar-refractivity contribution in [2.75, 3.05) is 22.9 Å². The zero-order valence-corrected chi connectivity index (χ0v) is 21.2. The van der Waals surface area contributed by atoms with E-state index in [1.54, 1.807) is 24.3 Å². The zero-order valence-electron chi connectivity index (χ0n) is 18.8. The maximum absolute atomic E-state index is 13.4. The van der Waals surface area contributed by atoms with Crippen molar-refractivity contribution in [1.29, 1.82) is 0 Å². The average molecular weight is 539 g/mol. The summed E-state index contributed by atoms with van der Waals surface area (Å²) in [6.07, 6.45) is 2.34. The first kappa shape index (κ1) is 24.1.